The molecule has 0 aromatic carbocycles. The van der Waals surface area contributed by atoms with Crippen LogP contribution in [-0.2, 0) is 9.47 Å². The summed E-state index contributed by atoms with van der Waals surface area (Å²) in [6.07, 6.45) is 2.84. The average molecular weight is 212 g/mol. The maximum absolute atomic E-state index is 11.6. The van der Waals surface area contributed by atoms with E-state index in [2.05, 4.69) is 4.99 Å². The number of epoxide rings is 2. The van der Waals surface area contributed by atoms with E-state index in [0.29, 0.717) is 13.1 Å². The average Bonchev–Trinajstić information content (AvgIpc) is 3.06. The zero-order valence-electron chi connectivity index (χ0n) is 8.89. The van der Waals surface area contributed by atoms with Crippen molar-refractivity contribution >= 4 is 12.2 Å². The minimum absolute atomic E-state index is 0.178. The van der Waals surface area contributed by atoms with Crippen molar-refractivity contribution in [3.63, 3.8) is 0 Å². The van der Waals surface area contributed by atoms with Crippen LogP contribution in [0.4, 0.5) is 4.79 Å². The van der Waals surface area contributed by atoms with Crippen molar-refractivity contribution in [2.24, 2.45) is 4.99 Å². The number of carbonyl (C=O) groups is 1. The molecule has 5 nitrogen and oxygen atoms in total. The van der Waals surface area contributed by atoms with Crippen LogP contribution in [0, 0.1) is 0 Å². The molecular weight excluding hydrogens is 196 g/mol. The van der Waals surface area contributed by atoms with Gasteiger partial charge in [-0.3, -0.25) is 0 Å². The number of urea groups is 1. The Labute approximate surface area is 89.1 Å². The summed E-state index contributed by atoms with van der Waals surface area (Å²) in [5.74, 6) is 0. The Bertz CT molecular complexity index is 245. The highest BCUT2D eigenvalue weighted by Crippen LogP contribution is 2.16. The van der Waals surface area contributed by atoms with Crippen molar-refractivity contribution in [1.82, 2.24) is 4.90 Å². The third kappa shape index (κ3) is 3.60. The third-order valence-electron chi connectivity index (χ3n) is 2.31. The molecule has 2 saturated heterocycles. The van der Waals surface area contributed by atoms with Gasteiger partial charge in [0.1, 0.15) is 0 Å². The van der Waals surface area contributed by atoms with Gasteiger partial charge < -0.3 is 14.4 Å². The largest absolute Gasteiger partial charge is 0.371 e. The van der Waals surface area contributed by atoms with Gasteiger partial charge in [0.2, 0.25) is 0 Å². The number of hydrogen-bond acceptors (Lipinski definition) is 3. The van der Waals surface area contributed by atoms with E-state index >= 15 is 0 Å². The van der Waals surface area contributed by atoms with E-state index in [0.717, 1.165) is 19.6 Å². The van der Waals surface area contributed by atoms with Crippen molar-refractivity contribution < 1.29 is 14.3 Å². The predicted molar refractivity (Wildman–Crippen MR) is 55.2 cm³/mol. The topological polar surface area (TPSA) is 57.7 Å². The molecule has 2 heterocycles. The molecule has 0 radical (unpaired) electrons. The van der Waals surface area contributed by atoms with Crippen molar-refractivity contribution in [2.75, 3.05) is 26.3 Å². The van der Waals surface area contributed by atoms with Gasteiger partial charge in [0, 0.05) is 6.21 Å². The summed E-state index contributed by atoms with van der Waals surface area (Å²) in [5, 5.41) is 0. The SMILES string of the molecule is CCC=NC(=O)N(CC1CO1)CC1CO1. The van der Waals surface area contributed by atoms with E-state index in [1.807, 2.05) is 6.92 Å². The number of amides is 2. The number of nitrogens with zero attached hydrogens (tertiary/aromatic N) is 2. The first-order valence-electron chi connectivity index (χ1n) is 5.34. The number of hydrogen-bond donors (Lipinski definition) is 0. The van der Waals surface area contributed by atoms with Crippen LogP contribution in [0.15, 0.2) is 4.99 Å². The number of ether oxygens (including phenoxy) is 2. The Kier molecular flexibility index (Phi) is 3.33. The normalized spacial score (nSPS) is 28.1. The second-order valence-electron chi connectivity index (χ2n) is 3.82. The molecule has 0 N–H and O–H groups in total. The minimum atomic E-state index is -0.178. The molecule has 2 aliphatic heterocycles. The highest BCUT2D eigenvalue weighted by atomic mass is 16.6. The van der Waals surface area contributed by atoms with E-state index in [-0.39, 0.29) is 18.2 Å². The van der Waals surface area contributed by atoms with Crippen molar-refractivity contribution in [3.05, 3.63) is 0 Å². The fraction of sp³-hybridized carbons (Fsp3) is 0.800. The fourth-order valence-electron chi connectivity index (χ4n) is 1.32. The number of rotatable bonds is 5. The molecule has 2 amide bonds. The molecule has 84 valence electrons. The van der Waals surface area contributed by atoms with Crippen LogP contribution in [0.2, 0.25) is 0 Å². The molecule has 2 rings (SSSR count). The Morgan fingerprint density at radius 2 is 1.93 bits per heavy atom. The summed E-state index contributed by atoms with van der Waals surface area (Å²) < 4.78 is 10.2. The predicted octanol–water partition coefficient (Wildman–Crippen LogP) is 0.687. The molecule has 15 heavy (non-hydrogen) atoms. The van der Waals surface area contributed by atoms with Crippen LogP contribution in [0.25, 0.3) is 0 Å². The van der Waals surface area contributed by atoms with Gasteiger partial charge in [-0.05, 0) is 6.42 Å². The summed E-state index contributed by atoms with van der Waals surface area (Å²) in [6, 6.07) is -0.178. The fourth-order valence-corrected chi connectivity index (χ4v) is 1.32. The molecule has 2 atom stereocenters. The Balaban J connectivity index is 1.83. The quantitative estimate of drug-likeness (QED) is 0.497. The van der Waals surface area contributed by atoms with Crippen molar-refractivity contribution in [3.8, 4) is 0 Å². The number of aliphatic imine (C=N–C) groups is 1. The first-order chi connectivity index (χ1) is 7.29. The Hall–Kier alpha value is -0.940. The second kappa shape index (κ2) is 4.72. The summed E-state index contributed by atoms with van der Waals surface area (Å²) in [7, 11) is 0. The molecule has 2 aliphatic rings. The van der Waals surface area contributed by atoms with Crippen LogP contribution in [0.3, 0.4) is 0 Å². The lowest BCUT2D eigenvalue weighted by Crippen LogP contribution is -2.35. The highest BCUT2D eigenvalue weighted by molar-refractivity contribution is 5.83. The van der Waals surface area contributed by atoms with E-state index in [9.17, 15) is 4.79 Å². The first kappa shape index (κ1) is 10.6. The van der Waals surface area contributed by atoms with Crippen LogP contribution in [-0.4, -0.2) is 55.7 Å². The summed E-state index contributed by atoms with van der Waals surface area (Å²) in [5.41, 5.74) is 0. The smallest absolute Gasteiger partial charge is 0.343 e. The maximum Gasteiger partial charge on any atom is 0.343 e. The third-order valence-corrected chi connectivity index (χ3v) is 2.31. The summed E-state index contributed by atoms with van der Waals surface area (Å²) >= 11 is 0. The lowest BCUT2D eigenvalue weighted by molar-refractivity contribution is 0.194. The molecule has 0 saturated carbocycles. The molecular formula is C10H16N2O3. The monoisotopic (exact) mass is 212 g/mol. The van der Waals surface area contributed by atoms with Gasteiger partial charge in [-0.1, -0.05) is 6.92 Å². The molecule has 5 heteroatoms. The lowest BCUT2D eigenvalue weighted by Gasteiger charge is -2.17. The Morgan fingerprint density at radius 1 is 1.40 bits per heavy atom. The van der Waals surface area contributed by atoms with Crippen LogP contribution < -0.4 is 0 Å². The zero-order valence-corrected chi connectivity index (χ0v) is 8.89. The Morgan fingerprint density at radius 3 is 2.33 bits per heavy atom. The van der Waals surface area contributed by atoms with Gasteiger partial charge in [0.05, 0.1) is 38.5 Å². The van der Waals surface area contributed by atoms with Gasteiger partial charge in [0.15, 0.2) is 0 Å². The molecule has 0 aromatic heterocycles. The van der Waals surface area contributed by atoms with E-state index in [4.69, 9.17) is 9.47 Å². The van der Waals surface area contributed by atoms with Crippen LogP contribution >= 0.6 is 0 Å². The highest BCUT2D eigenvalue weighted by Gasteiger charge is 2.32. The van der Waals surface area contributed by atoms with E-state index < -0.39 is 0 Å². The van der Waals surface area contributed by atoms with E-state index in [1.165, 1.54) is 0 Å². The maximum atomic E-state index is 11.6. The molecule has 0 aromatic rings. The van der Waals surface area contributed by atoms with Crippen molar-refractivity contribution in [2.45, 2.75) is 25.6 Å². The van der Waals surface area contributed by atoms with Gasteiger partial charge in [-0.25, -0.2) is 9.79 Å². The lowest BCUT2D eigenvalue weighted by atomic mass is 10.3. The van der Waals surface area contributed by atoms with E-state index in [1.54, 1.807) is 11.1 Å². The zero-order chi connectivity index (χ0) is 10.7. The van der Waals surface area contributed by atoms with Gasteiger partial charge in [0.25, 0.3) is 0 Å². The first-order valence-corrected chi connectivity index (χ1v) is 5.34. The van der Waals surface area contributed by atoms with Crippen LogP contribution in [0.5, 0.6) is 0 Å². The van der Waals surface area contributed by atoms with Gasteiger partial charge in [-0.2, -0.15) is 0 Å². The van der Waals surface area contributed by atoms with Gasteiger partial charge in [-0.15, -0.1) is 0 Å². The standard InChI is InChI=1S/C10H16N2O3/c1-2-3-11-10(13)12(4-8-6-14-8)5-9-7-15-9/h3,8-9H,2,4-7H2,1H3. The number of carbonyl (C=O) groups excluding carboxylic acids is 1. The van der Waals surface area contributed by atoms with Crippen LogP contribution in [0.1, 0.15) is 13.3 Å². The molecule has 0 bridgehead atoms. The second-order valence-corrected chi connectivity index (χ2v) is 3.82. The van der Waals surface area contributed by atoms with Gasteiger partial charge >= 0.3 is 6.03 Å². The summed E-state index contributed by atoms with van der Waals surface area (Å²) in [6.45, 7) is 4.74. The molecule has 0 aliphatic carbocycles. The minimum Gasteiger partial charge on any atom is -0.371 e. The molecule has 0 spiro atoms. The summed E-state index contributed by atoms with van der Waals surface area (Å²) in [4.78, 5) is 17.2. The van der Waals surface area contributed by atoms with Crippen molar-refractivity contribution in [1.29, 1.82) is 0 Å². The molecule has 2 fully saturated rings. The molecule has 2 unspecified atom stereocenters.